The number of hydrogen-bond acceptors (Lipinski definition) is 3. The first-order valence-corrected chi connectivity index (χ1v) is 7.06. The fourth-order valence-electron chi connectivity index (χ4n) is 2.03. The minimum atomic E-state index is 0.123. The number of hydrogen-bond donors (Lipinski definition) is 0. The van der Waals surface area contributed by atoms with E-state index >= 15 is 0 Å². The molecule has 0 aliphatic carbocycles. The number of nitrogens with zero attached hydrogens (tertiary/aromatic N) is 1. The van der Waals surface area contributed by atoms with Gasteiger partial charge in [-0.2, -0.15) is 5.26 Å². The molecule has 1 atom stereocenters. The second kappa shape index (κ2) is 8.08. The van der Waals surface area contributed by atoms with Crippen molar-refractivity contribution in [3.63, 3.8) is 0 Å². The molecule has 2 rings (SSSR count). The number of benzene rings is 2. The fraction of sp³-hybridized carbons (Fsp3) is 0.278. The quantitative estimate of drug-likeness (QED) is 0.728. The molecule has 0 aliphatic heterocycles. The Kier molecular flexibility index (Phi) is 5.81. The van der Waals surface area contributed by atoms with Crippen molar-refractivity contribution in [3.8, 4) is 11.8 Å². The summed E-state index contributed by atoms with van der Waals surface area (Å²) in [4.78, 5) is 0. The van der Waals surface area contributed by atoms with Gasteiger partial charge in [0.25, 0.3) is 0 Å². The van der Waals surface area contributed by atoms with Gasteiger partial charge in [-0.1, -0.05) is 30.3 Å². The number of para-hydroxylation sites is 1. The maximum absolute atomic E-state index is 8.76. The summed E-state index contributed by atoms with van der Waals surface area (Å²) in [7, 11) is 0. The van der Waals surface area contributed by atoms with E-state index in [1.807, 2.05) is 61.5 Å². The van der Waals surface area contributed by atoms with E-state index < -0.39 is 0 Å². The standard InChI is InChI=1S/C18H19NO2/c1-15(13-16-7-9-17(14-19)10-8-16)20-11-12-21-18-5-3-2-4-6-18/h2-10,15H,11-13H2,1H3. The van der Waals surface area contributed by atoms with Crippen LogP contribution >= 0.6 is 0 Å². The summed E-state index contributed by atoms with van der Waals surface area (Å²) in [5.41, 5.74) is 1.86. The monoisotopic (exact) mass is 281 g/mol. The molecule has 3 nitrogen and oxygen atoms in total. The molecule has 2 aromatic rings. The second-order valence-electron chi connectivity index (χ2n) is 4.86. The highest BCUT2D eigenvalue weighted by molar-refractivity contribution is 5.31. The summed E-state index contributed by atoms with van der Waals surface area (Å²) in [6.45, 7) is 3.15. The molecule has 0 aromatic heterocycles. The minimum Gasteiger partial charge on any atom is -0.491 e. The van der Waals surface area contributed by atoms with E-state index in [4.69, 9.17) is 14.7 Å². The zero-order valence-corrected chi connectivity index (χ0v) is 12.2. The first-order valence-electron chi connectivity index (χ1n) is 7.06. The molecule has 0 spiro atoms. The molecule has 0 saturated carbocycles. The van der Waals surface area contributed by atoms with Crippen LogP contribution in [-0.4, -0.2) is 19.3 Å². The molecule has 0 saturated heterocycles. The van der Waals surface area contributed by atoms with Gasteiger partial charge < -0.3 is 9.47 Å². The van der Waals surface area contributed by atoms with Crippen LogP contribution in [0.2, 0.25) is 0 Å². The highest BCUT2D eigenvalue weighted by Crippen LogP contribution is 2.10. The predicted octanol–water partition coefficient (Wildman–Crippen LogP) is 3.58. The summed E-state index contributed by atoms with van der Waals surface area (Å²) >= 11 is 0. The lowest BCUT2D eigenvalue weighted by atomic mass is 10.1. The van der Waals surface area contributed by atoms with Crippen molar-refractivity contribution in [2.45, 2.75) is 19.4 Å². The maximum Gasteiger partial charge on any atom is 0.119 e. The van der Waals surface area contributed by atoms with Gasteiger partial charge in [-0.15, -0.1) is 0 Å². The normalized spacial score (nSPS) is 11.6. The average Bonchev–Trinajstić information content (AvgIpc) is 2.53. The lowest BCUT2D eigenvalue weighted by Crippen LogP contribution is -2.16. The third kappa shape index (κ3) is 5.29. The van der Waals surface area contributed by atoms with Crippen molar-refractivity contribution in [2.24, 2.45) is 0 Å². The van der Waals surface area contributed by atoms with E-state index in [9.17, 15) is 0 Å². The zero-order valence-electron chi connectivity index (χ0n) is 12.2. The van der Waals surface area contributed by atoms with Gasteiger partial charge in [0.15, 0.2) is 0 Å². The molecular formula is C18H19NO2. The molecule has 3 heteroatoms. The molecule has 0 aliphatic rings. The highest BCUT2D eigenvalue weighted by Gasteiger charge is 2.04. The highest BCUT2D eigenvalue weighted by atomic mass is 16.5. The molecular weight excluding hydrogens is 262 g/mol. The van der Waals surface area contributed by atoms with Crippen LogP contribution in [0.5, 0.6) is 5.75 Å². The van der Waals surface area contributed by atoms with E-state index in [-0.39, 0.29) is 6.10 Å². The van der Waals surface area contributed by atoms with E-state index in [2.05, 4.69) is 6.07 Å². The fourth-order valence-corrected chi connectivity index (χ4v) is 2.03. The molecule has 1 unspecified atom stereocenters. The van der Waals surface area contributed by atoms with Crippen molar-refractivity contribution in [1.29, 1.82) is 5.26 Å². The number of nitriles is 1. The molecule has 0 bridgehead atoms. The van der Waals surface area contributed by atoms with Gasteiger partial charge in [0.2, 0.25) is 0 Å². The van der Waals surface area contributed by atoms with Gasteiger partial charge in [0, 0.05) is 0 Å². The number of rotatable bonds is 7. The van der Waals surface area contributed by atoms with Crippen LogP contribution in [0, 0.1) is 11.3 Å². The second-order valence-corrected chi connectivity index (χ2v) is 4.86. The minimum absolute atomic E-state index is 0.123. The van der Waals surface area contributed by atoms with Crippen molar-refractivity contribution >= 4 is 0 Å². The molecule has 2 aromatic carbocycles. The maximum atomic E-state index is 8.76. The van der Waals surface area contributed by atoms with Crippen LogP contribution in [0.15, 0.2) is 54.6 Å². The molecule has 0 radical (unpaired) electrons. The van der Waals surface area contributed by atoms with Crippen molar-refractivity contribution < 1.29 is 9.47 Å². The lowest BCUT2D eigenvalue weighted by Gasteiger charge is -2.13. The Morgan fingerprint density at radius 2 is 1.71 bits per heavy atom. The molecule has 0 N–H and O–H groups in total. The Balaban J connectivity index is 1.67. The largest absolute Gasteiger partial charge is 0.491 e. The van der Waals surface area contributed by atoms with Crippen molar-refractivity contribution in [1.82, 2.24) is 0 Å². The van der Waals surface area contributed by atoms with Crippen molar-refractivity contribution in [3.05, 3.63) is 65.7 Å². The van der Waals surface area contributed by atoms with Gasteiger partial charge in [-0.25, -0.2) is 0 Å². The van der Waals surface area contributed by atoms with E-state index in [1.165, 1.54) is 5.56 Å². The smallest absolute Gasteiger partial charge is 0.119 e. The van der Waals surface area contributed by atoms with E-state index in [1.54, 1.807) is 0 Å². The predicted molar refractivity (Wildman–Crippen MR) is 82.2 cm³/mol. The van der Waals surface area contributed by atoms with Crippen LogP contribution < -0.4 is 4.74 Å². The topological polar surface area (TPSA) is 42.2 Å². The SMILES string of the molecule is CC(Cc1ccc(C#N)cc1)OCCOc1ccccc1. The van der Waals surface area contributed by atoms with Gasteiger partial charge in [0.1, 0.15) is 12.4 Å². The summed E-state index contributed by atoms with van der Waals surface area (Å²) in [5.74, 6) is 0.862. The first-order chi connectivity index (χ1) is 10.3. The molecule has 0 heterocycles. The molecule has 21 heavy (non-hydrogen) atoms. The first kappa shape index (κ1) is 15.1. The van der Waals surface area contributed by atoms with Crippen LogP contribution in [-0.2, 0) is 11.2 Å². The molecule has 108 valence electrons. The Morgan fingerprint density at radius 1 is 1.00 bits per heavy atom. The molecule has 0 fully saturated rings. The van der Waals surface area contributed by atoms with Crippen LogP contribution in [0.25, 0.3) is 0 Å². The van der Waals surface area contributed by atoms with E-state index in [0.29, 0.717) is 18.8 Å². The Labute approximate surface area is 125 Å². The summed E-state index contributed by atoms with van der Waals surface area (Å²) in [5, 5.41) is 8.76. The third-order valence-electron chi connectivity index (χ3n) is 3.10. The van der Waals surface area contributed by atoms with Crippen molar-refractivity contribution in [2.75, 3.05) is 13.2 Å². The summed E-state index contributed by atoms with van der Waals surface area (Å²) < 4.78 is 11.3. The van der Waals surface area contributed by atoms with E-state index in [0.717, 1.165) is 12.2 Å². The van der Waals surface area contributed by atoms with Gasteiger partial charge in [-0.3, -0.25) is 0 Å². The lowest BCUT2D eigenvalue weighted by molar-refractivity contribution is 0.0449. The molecule has 0 amide bonds. The average molecular weight is 281 g/mol. The van der Waals surface area contributed by atoms with Gasteiger partial charge in [-0.05, 0) is 43.2 Å². The number of ether oxygens (including phenoxy) is 2. The van der Waals surface area contributed by atoms with Crippen LogP contribution in [0.3, 0.4) is 0 Å². The zero-order chi connectivity index (χ0) is 14.9. The van der Waals surface area contributed by atoms with Crippen LogP contribution in [0.1, 0.15) is 18.1 Å². The Hall–Kier alpha value is -2.31. The summed E-state index contributed by atoms with van der Waals surface area (Å²) in [6, 6.07) is 19.4. The van der Waals surface area contributed by atoms with Crippen LogP contribution in [0.4, 0.5) is 0 Å². The van der Waals surface area contributed by atoms with Gasteiger partial charge in [0.05, 0.1) is 24.3 Å². The summed E-state index contributed by atoms with van der Waals surface area (Å²) in [6.07, 6.45) is 0.953. The Bertz CT molecular complexity index is 572. The third-order valence-corrected chi connectivity index (χ3v) is 3.10. The van der Waals surface area contributed by atoms with Gasteiger partial charge >= 0.3 is 0 Å². The Morgan fingerprint density at radius 3 is 2.38 bits per heavy atom.